The Hall–Kier alpha value is -2.15. The molecular weight excluding hydrogens is 248 g/mol. The van der Waals surface area contributed by atoms with Gasteiger partial charge in [-0.05, 0) is 6.92 Å². The fraction of sp³-hybridized carbons (Fsp3) is 0.417. The number of carbonyl (C=O) groups is 1. The van der Waals surface area contributed by atoms with E-state index in [1.54, 1.807) is 11.1 Å². The molecule has 19 heavy (non-hydrogen) atoms. The van der Waals surface area contributed by atoms with E-state index in [9.17, 15) is 4.79 Å². The Bertz CT molecular complexity index is 563. The fourth-order valence-electron chi connectivity index (χ4n) is 2.07. The third-order valence-electron chi connectivity index (χ3n) is 3.02. The van der Waals surface area contributed by atoms with E-state index in [-0.39, 0.29) is 17.8 Å². The molecule has 7 heteroatoms. The summed E-state index contributed by atoms with van der Waals surface area (Å²) in [6, 6.07) is 0. The molecule has 1 aliphatic rings. The second-order valence-electron chi connectivity index (χ2n) is 4.43. The minimum Gasteiger partial charge on any atom is -0.438 e. The smallest absolute Gasteiger partial charge is 0.291 e. The molecule has 0 aliphatic carbocycles. The fourth-order valence-corrected chi connectivity index (χ4v) is 2.07. The Kier molecular flexibility index (Phi) is 3.04. The van der Waals surface area contributed by atoms with Crippen molar-refractivity contribution < 1.29 is 13.9 Å². The van der Waals surface area contributed by atoms with Crippen LogP contribution in [0.15, 0.2) is 23.2 Å². The van der Waals surface area contributed by atoms with Crippen LogP contribution in [-0.4, -0.2) is 45.5 Å². The van der Waals surface area contributed by atoms with Crippen LogP contribution in [0.3, 0.4) is 0 Å². The molecule has 0 aromatic carbocycles. The molecule has 3 heterocycles. The quantitative estimate of drug-likeness (QED) is 0.870. The van der Waals surface area contributed by atoms with E-state index in [1.807, 2.05) is 6.92 Å². The molecular formula is C12H14N4O3. The number of imidazole rings is 1. The monoisotopic (exact) mass is 262 g/mol. The maximum Gasteiger partial charge on any atom is 0.291 e. The standard InChI is InChI=1S/C12H14N4O3/c1-8-4-14-11(15-8)10-6-16(2-3-18-10)12(17)9-5-13-7-19-9/h4-5,7,10H,2-3,6H2,1H3,(H,14,15). The van der Waals surface area contributed by atoms with Crippen molar-refractivity contribution in [1.29, 1.82) is 0 Å². The summed E-state index contributed by atoms with van der Waals surface area (Å²) in [7, 11) is 0. The van der Waals surface area contributed by atoms with Gasteiger partial charge in [0.15, 0.2) is 6.39 Å². The van der Waals surface area contributed by atoms with Crippen LogP contribution < -0.4 is 0 Å². The van der Waals surface area contributed by atoms with Crippen molar-refractivity contribution in [2.75, 3.05) is 19.7 Å². The molecule has 1 atom stereocenters. The number of hydrogen-bond acceptors (Lipinski definition) is 5. The summed E-state index contributed by atoms with van der Waals surface area (Å²) in [5.41, 5.74) is 0.970. The highest BCUT2D eigenvalue weighted by molar-refractivity contribution is 5.91. The van der Waals surface area contributed by atoms with Crippen molar-refractivity contribution in [3.8, 4) is 0 Å². The molecule has 1 N–H and O–H groups in total. The van der Waals surface area contributed by atoms with Crippen LogP contribution in [0.1, 0.15) is 28.2 Å². The third kappa shape index (κ3) is 2.37. The molecule has 1 aliphatic heterocycles. The highest BCUT2D eigenvalue weighted by atomic mass is 16.5. The lowest BCUT2D eigenvalue weighted by molar-refractivity contribution is -0.0273. The summed E-state index contributed by atoms with van der Waals surface area (Å²) in [5.74, 6) is 0.818. The van der Waals surface area contributed by atoms with E-state index in [4.69, 9.17) is 9.15 Å². The zero-order valence-electron chi connectivity index (χ0n) is 10.5. The number of rotatable bonds is 2. The van der Waals surface area contributed by atoms with Crippen LogP contribution >= 0.6 is 0 Å². The molecule has 2 aromatic heterocycles. The first-order valence-corrected chi connectivity index (χ1v) is 6.05. The van der Waals surface area contributed by atoms with Gasteiger partial charge in [-0.15, -0.1) is 0 Å². The number of oxazole rings is 1. The van der Waals surface area contributed by atoms with Gasteiger partial charge in [0.25, 0.3) is 5.91 Å². The predicted octanol–water partition coefficient (Wildman–Crippen LogP) is 0.920. The minimum atomic E-state index is -0.227. The summed E-state index contributed by atoms with van der Waals surface area (Å²) >= 11 is 0. The van der Waals surface area contributed by atoms with Gasteiger partial charge in [-0.25, -0.2) is 9.97 Å². The second-order valence-corrected chi connectivity index (χ2v) is 4.43. The van der Waals surface area contributed by atoms with Crippen molar-refractivity contribution in [2.24, 2.45) is 0 Å². The van der Waals surface area contributed by atoms with Crippen molar-refractivity contribution in [1.82, 2.24) is 19.9 Å². The van der Waals surface area contributed by atoms with E-state index >= 15 is 0 Å². The molecule has 2 aromatic rings. The third-order valence-corrected chi connectivity index (χ3v) is 3.02. The molecule has 0 saturated carbocycles. The largest absolute Gasteiger partial charge is 0.438 e. The number of nitrogens with one attached hydrogen (secondary N) is 1. The molecule has 1 saturated heterocycles. The normalized spacial score (nSPS) is 19.6. The Morgan fingerprint density at radius 2 is 2.42 bits per heavy atom. The number of amides is 1. The molecule has 100 valence electrons. The maximum atomic E-state index is 12.1. The van der Waals surface area contributed by atoms with Gasteiger partial charge in [-0.2, -0.15) is 0 Å². The number of nitrogens with zero attached hydrogens (tertiary/aromatic N) is 3. The van der Waals surface area contributed by atoms with Crippen LogP contribution in [0.4, 0.5) is 0 Å². The number of H-pyrrole nitrogens is 1. The Labute approximate surface area is 109 Å². The van der Waals surface area contributed by atoms with E-state index in [1.165, 1.54) is 12.6 Å². The molecule has 0 bridgehead atoms. The van der Waals surface area contributed by atoms with Gasteiger partial charge in [0.1, 0.15) is 11.9 Å². The topological polar surface area (TPSA) is 84.2 Å². The van der Waals surface area contributed by atoms with Crippen molar-refractivity contribution in [2.45, 2.75) is 13.0 Å². The second kappa shape index (κ2) is 4.85. The highest BCUT2D eigenvalue weighted by Crippen LogP contribution is 2.20. The summed E-state index contributed by atoms with van der Waals surface area (Å²) < 4.78 is 10.7. The number of aryl methyl sites for hydroxylation is 1. The molecule has 3 rings (SSSR count). The first kappa shape index (κ1) is 11.9. The zero-order valence-corrected chi connectivity index (χ0v) is 10.5. The van der Waals surface area contributed by atoms with Gasteiger partial charge < -0.3 is 19.0 Å². The van der Waals surface area contributed by atoms with Crippen LogP contribution in [0.2, 0.25) is 0 Å². The average molecular weight is 262 g/mol. The van der Waals surface area contributed by atoms with Crippen LogP contribution in [0, 0.1) is 6.92 Å². The lowest BCUT2D eigenvalue weighted by Gasteiger charge is -2.31. The lowest BCUT2D eigenvalue weighted by atomic mass is 10.2. The highest BCUT2D eigenvalue weighted by Gasteiger charge is 2.28. The van der Waals surface area contributed by atoms with Gasteiger partial charge >= 0.3 is 0 Å². The van der Waals surface area contributed by atoms with Crippen molar-refractivity contribution in [3.63, 3.8) is 0 Å². The Morgan fingerprint density at radius 1 is 1.53 bits per heavy atom. The number of carbonyl (C=O) groups excluding carboxylic acids is 1. The minimum absolute atomic E-state index is 0.172. The van der Waals surface area contributed by atoms with Gasteiger partial charge in [-0.1, -0.05) is 0 Å². The zero-order chi connectivity index (χ0) is 13.2. The number of ether oxygens (including phenoxy) is 1. The van der Waals surface area contributed by atoms with Gasteiger partial charge in [-0.3, -0.25) is 4.79 Å². The van der Waals surface area contributed by atoms with Gasteiger partial charge in [0, 0.05) is 18.4 Å². The summed E-state index contributed by atoms with van der Waals surface area (Å²) in [4.78, 5) is 25.0. The molecule has 0 radical (unpaired) electrons. The van der Waals surface area contributed by atoms with Gasteiger partial charge in [0.2, 0.25) is 5.76 Å². The van der Waals surface area contributed by atoms with E-state index in [0.717, 1.165) is 11.5 Å². The maximum absolute atomic E-state index is 12.1. The number of hydrogen-bond donors (Lipinski definition) is 1. The van der Waals surface area contributed by atoms with Gasteiger partial charge in [0.05, 0.1) is 19.3 Å². The molecule has 1 fully saturated rings. The SMILES string of the molecule is Cc1cnc(C2CN(C(=O)c3cnco3)CCO2)[nH]1. The number of morpholine rings is 1. The summed E-state index contributed by atoms with van der Waals surface area (Å²) in [6.07, 6.45) is 4.19. The van der Waals surface area contributed by atoms with E-state index < -0.39 is 0 Å². The molecule has 0 spiro atoms. The lowest BCUT2D eigenvalue weighted by Crippen LogP contribution is -2.42. The summed E-state index contributed by atoms with van der Waals surface area (Å²) in [6.45, 7) is 3.39. The average Bonchev–Trinajstić information content (AvgIpc) is 3.09. The van der Waals surface area contributed by atoms with Crippen LogP contribution in [0.25, 0.3) is 0 Å². The first-order chi connectivity index (χ1) is 9.24. The molecule has 7 nitrogen and oxygen atoms in total. The number of aromatic nitrogens is 3. The van der Waals surface area contributed by atoms with Crippen molar-refractivity contribution in [3.05, 3.63) is 36.1 Å². The Balaban J connectivity index is 1.73. The van der Waals surface area contributed by atoms with Crippen molar-refractivity contribution >= 4 is 5.91 Å². The predicted molar refractivity (Wildman–Crippen MR) is 64.4 cm³/mol. The van der Waals surface area contributed by atoms with E-state index in [0.29, 0.717) is 19.7 Å². The van der Waals surface area contributed by atoms with Crippen LogP contribution in [0.5, 0.6) is 0 Å². The summed E-state index contributed by atoms with van der Waals surface area (Å²) in [5, 5.41) is 0. The van der Waals surface area contributed by atoms with Crippen LogP contribution in [-0.2, 0) is 4.74 Å². The molecule has 1 amide bonds. The molecule has 1 unspecified atom stereocenters. The Morgan fingerprint density at radius 3 is 3.11 bits per heavy atom. The first-order valence-electron chi connectivity index (χ1n) is 6.05. The van der Waals surface area contributed by atoms with E-state index in [2.05, 4.69) is 15.0 Å². The number of aromatic amines is 1.